The van der Waals surface area contributed by atoms with Crippen LogP contribution in [0.1, 0.15) is 49.8 Å². The lowest BCUT2D eigenvalue weighted by Gasteiger charge is -2.27. The third-order valence-electron chi connectivity index (χ3n) is 8.23. The smallest absolute Gasteiger partial charge is 0.244 e. The van der Waals surface area contributed by atoms with Gasteiger partial charge in [-0.1, -0.05) is 62.4 Å². The van der Waals surface area contributed by atoms with Gasteiger partial charge in [-0.2, -0.15) is 0 Å². The second-order valence-corrected chi connectivity index (χ2v) is 13.4. The average Bonchev–Trinajstić information content (AvgIpc) is 3.15. The number of benzene rings is 2. The van der Waals surface area contributed by atoms with Gasteiger partial charge in [0.1, 0.15) is 24.2 Å². The molecule has 1 heterocycles. The molecule has 2 aromatic carbocycles. The first-order valence-corrected chi connectivity index (χ1v) is 18.1. The topological polar surface area (TPSA) is 301 Å². The summed E-state index contributed by atoms with van der Waals surface area (Å²) in [5, 5.41) is 11.0. The van der Waals surface area contributed by atoms with Crippen LogP contribution in [0.25, 0.3) is 6.08 Å². The van der Waals surface area contributed by atoms with Crippen LogP contribution in [-0.2, 0) is 36.8 Å². The average molecular weight is 769 g/mol. The number of primary amides is 1. The number of nitrogens with two attached hydrogens (primary N) is 5. The van der Waals surface area contributed by atoms with Crippen LogP contribution < -0.4 is 49.9 Å². The van der Waals surface area contributed by atoms with E-state index < -0.39 is 53.7 Å². The van der Waals surface area contributed by atoms with E-state index in [1.807, 2.05) is 44.2 Å². The van der Waals surface area contributed by atoms with Crippen LogP contribution in [0.2, 0.25) is 0 Å². The lowest BCUT2D eigenvalue weighted by Crippen LogP contribution is -2.59. The fourth-order valence-electron chi connectivity index (χ4n) is 5.53. The first-order chi connectivity index (χ1) is 26.7. The molecule has 298 valence electrons. The van der Waals surface area contributed by atoms with Gasteiger partial charge in [0.15, 0.2) is 11.9 Å². The van der Waals surface area contributed by atoms with E-state index in [1.54, 1.807) is 54.9 Å². The van der Waals surface area contributed by atoms with Crippen molar-refractivity contribution in [1.82, 2.24) is 26.3 Å². The molecule has 5 amide bonds. The summed E-state index contributed by atoms with van der Waals surface area (Å²) in [6.07, 6.45) is 6.82. The summed E-state index contributed by atoms with van der Waals surface area (Å²) in [5.74, 6) is -3.61. The zero-order chi connectivity index (χ0) is 41.0. The van der Waals surface area contributed by atoms with E-state index in [-0.39, 0.29) is 50.1 Å². The number of hydrogen-bond donors (Lipinski definition) is 9. The molecule has 14 N–H and O–H groups in total. The van der Waals surface area contributed by atoms with Gasteiger partial charge >= 0.3 is 0 Å². The Morgan fingerprint density at radius 2 is 1.30 bits per heavy atom. The fourth-order valence-corrected chi connectivity index (χ4v) is 5.53. The molecule has 0 aliphatic carbocycles. The fraction of sp³-hybridized carbons (Fsp3) is 0.333. The van der Waals surface area contributed by atoms with E-state index in [0.717, 1.165) is 5.56 Å². The molecule has 17 heteroatoms. The Balaban J connectivity index is 1.90. The van der Waals surface area contributed by atoms with Crippen molar-refractivity contribution in [1.29, 1.82) is 0 Å². The number of aliphatic imine (C=N–C) groups is 2. The number of aromatic nitrogens is 1. The molecular formula is C39H52N12O5. The molecule has 0 fully saturated rings. The molecule has 0 bridgehead atoms. The summed E-state index contributed by atoms with van der Waals surface area (Å²) in [4.78, 5) is 79.2. The number of amides is 5. The highest BCUT2D eigenvalue weighted by Crippen LogP contribution is 2.15. The zero-order valence-electron chi connectivity index (χ0n) is 31.6. The first-order valence-electron chi connectivity index (χ1n) is 18.1. The Kier molecular flexibility index (Phi) is 17.5. The van der Waals surface area contributed by atoms with Gasteiger partial charge in [0, 0.05) is 37.9 Å². The molecule has 17 nitrogen and oxygen atoms in total. The molecule has 0 unspecified atom stereocenters. The molecule has 56 heavy (non-hydrogen) atoms. The van der Waals surface area contributed by atoms with Gasteiger partial charge < -0.3 is 49.9 Å². The number of hydrogen-bond acceptors (Lipinski definition) is 8. The molecule has 0 saturated heterocycles. The molecule has 3 aromatic rings. The number of nitrogens with one attached hydrogen (secondary N) is 4. The van der Waals surface area contributed by atoms with Gasteiger partial charge in [0.2, 0.25) is 29.5 Å². The minimum absolute atomic E-state index is 0.0220. The first kappa shape index (κ1) is 43.6. The molecule has 0 aliphatic rings. The molecule has 0 radical (unpaired) electrons. The third-order valence-corrected chi connectivity index (χ3v) is 8.23. The summed E-state index contributed by atoms with van der Waals surface area (Å²) in [6.45, 7) is 3.94. The van der Waals surface area contributed by atoms with Crippen molar-refractivity contribution in [3.05, 3.63) is 102 Å². The molecule has 3 rings (SSSR count). The second-order valence-electron chi connectivity index (χ2n) is 13.4. The Morgan fingerprint density at radius 3 is 1.89 bits per heavy atom. The number of carbonyl (C=O) groups is 5. The normalized spacial score (nSPS) is 13.1. The van der Waals surface area contributed by atoms with Crippen molar-refractivity contribution in [3.63, 3.8) is 0 Å². The SMILES string of the molecule is CC(C)C[C@H](NC(=O)[C@H](Cc1ccc(N=C(N)N)cc1)NC(=O)[C@H](Cc1cccnc1)NC(=O)/C=C/c1ccccc1)C(=O)N[C@@H](CCCN=C(N)N)C(N)=O. The van der Waals surface area contributed by atoms with Crippen LogP contribution in [0.3, 0.4) is 0 Å². The number of pyridine rings is 1. The zero-order valence-corrected chi connectivity index (χ0v) is 31.6. The second kappa shape index (κ2) is 22.4. The Labute approximate surface area is 326 Å². The van der Waals surface area contributed by atoms with E-state index in [0.29, 0.717) is 23.2 Å². The maximum atomic E-state index is 14.1. The van der Waals surface area contributed by atoms with Gasteiger partial charge in [-0.3, -0.25) is 33.9 Å². The van der Waals surface area contributed by atoms with E-state index in [4.69, 9.17) is 28.7 Å². The molecule has 0 aliphatic heterocycles. The summed E-state index contributed by atoms with van der Waals surface area (Å²) in [6, 6.07) is 14.8. The van der Waals surface area contributed by atoms with E-state index in [1.165, 1.54) is 6.08 Å². The highest BCUT2D eigenvalue weighted by atomic mass is 16.2. The van der Waals surface area contributed by atoms with Crippen molar-refractivity contribution in [2.24, 2.45) is 44.6 Å². The van der Waals surface area contributed by atoms with Crippen LogP contribution in [0.5, 0.6) is 0 Å². The van der Waals surface area contributed by atoms with E-state index in [9.17, 15) is 24.0 Å². The van der Waals surface area contributed by atoms with Crippen molar-refractivity contribution in [2.45, 2.75) is 70.1 Å². The summed E-state index contributed by atoms with van der Waals surface area (Å²) < 4.78 is 0. The Hall–Kier alpha value is -6.78. The van der Waals surface area contributed by atoms with Gasteiger partial charge in [0.05, 0.1) is 5.69 Å². The summed E-state index contributed by atoms with van der Waals surface area (Å²) >= 11 is 0. The predicted octanol–water partition coefficient (Wildman–Crippen LogP) is 0.00930. The number of nitrogens with zero attached hydrogens (tertiary/aromatic N) is 3. The Bertz CT molecular complexity index is 1840. The lowest BCUT2D eigenvalue weighted by atomic mass is 9.99. The van der Waals surface area contributed by atoms with Crippen LogP contribution in [-0.4, -0.2) is 77.2 Å². The highest BCUT2D eigenvalue weighted by molar-refractivity contribution is 5.98. The predicted molar refractivity (Wildman–Crippen MR) is 215 cm³/mol. The molecule has 1 aromatic heterocycles. The summed E-state index contributed by atoms with van der Waals surface area (Å²) in [5.41, 5.74) is 29.9. The Morgan fingerprint density at radius 1 is 0.696 bits per heavy atom. The van der Waals surface area contributed by atoms with E-state index in [2.05, 4.69) is 36.2 Å². The van der Waals surface area contributed by atoms with Crippen molar-refractivity contribution < 1.29 is 24.0 Å². The largest absolute Gasteiger partial charge is 0.370 e. The molecule has 0 saturated carbocycles. The highest BCUT2D eigenvalue weighted by Gasteiger charge is 2.31. The molecule has 4 atom stereocenters. The van der Waals surface area contributed by atoms with Crippen LogP contribution >= 0.6 is 0 Å². The lowest BCUT2D eigenvalue weighted by molar-refractivity contribution is -0.134. The maximum absolute atomic E-state index is 14.1. The van der Waals surface area contributed by atoms with Gasteiger partial charge in [0.25, 0.3) is 0 Å². The van der Waals surface area contributed by atoms with Crippen LogP contribution in [0.4, 0.5) is 5.69 Å². The maximum Gasteiger partial charge on any atom is 0.244 e. The van der Waals surface area contributed by atoms with Gasteiger partial charge in [-0.05, 0) is 66.1 Å². The number of carbonyl (C=O) groups excluding carboxylic acids is 5. The minimum atomic E-state index is -1.24. The van der Waals surface area contributed by atoms with Crippen LogP contribution in [0.15, 0.2) is 95.2 Å². The van der Waals surface area contributed by atoms with Crippen LogP contribution in [0, 0.1) is 5.92 Å². The van der Waals surface area contributed by atoms with Crippen molar-refractivity contribution >= 4 is 53.2 Å². The number of rotatable bonds is 21. The summed E-state index contributed by atoms with van der Waals surface area (Å²) in [7, 11) is 0. The molecular weight excluding hydrogens is 717 g/mol. The standard InChI is InChI=1S/C39H52N12O5/c1-24(2)20-30(35(54)49-29(34(40)53)11-7-19-46-38(41)42)50-37(56)32(21-26-12-15-28(16-13-26)47-39(43)44)51-36(55)31(22-27-10-6-18-45-23-27)48-33(52)17-14-25-8-4-3-5-9-25/h3-6,8-10,12-18,23-24,29-32H,7,11,19-22H2,1-2H3,(H2,40,53)(H,48,52)(H,49,54)(H,50,56)(H,51,55)(H4,41,42,46)(H4,43,44,47)/b17-14+/t29-,30-,31-,32-/m0/s1. The van der Waals surface area contributed by atoms with Crippen molar-refractivity contribution in [3.8, 4) is 0 Å². The monoisotopic (exact) mass is 768 g/mol. The van der Waals surface area contributed by atoms with Gasteiger partial charge in [-0.25, -0.2) is 4.99 Å². The quantitative estimate of drug-likeness (QED) is 0.0303. The minimum Gasteiger partial charge on any atom is -0.370 e. The third kappa shape index (κ3) is 16.1. The van der Waals surface area contributed by atoms with Crippen molar-refractivity contribution in [2.75, 3.05) is 6.54 Å². The number of guanidine groups is 2. The van der Waals surface area contributed by atoms with E-state index >= 15 is 0 Å². The van der Waals surface area contributed by atoms with Gasteiger partial charge in [-0.15, -0.1) is 0 Å². The molecule has 0 spiro atoms.